The van der Waals surface area contributed by atoms with Gasteiger partial charge in [0.1, 0.15) is 6.04 Å². The number of carboxylic acid groups (broad SMARTS) is 1. The van der Waals surface area contributed by atoms with Crippen molar-refractivity contribution in [1.82, 2.24) is 10.2 Å². The molecule has 0 aliphatic heterocycles. The van der Waals surface area contributed by atoms with Gasteiger partial charge in [0.15, 0.2) is 0 Å². The van der Waals surface area contributed by atoms with Crippen LogP contribution in [-0.4, -0.2) is 80.3 Å². The third-order valence-electron chi connectivity index (χ3n) is 2.43. The summed E-state index contributed by atoms with van der Waals surface area (Å²) in [6.45, 7) is 0.733. The number of aliphatic carboxylic acids is 1. The zero-order chi connectivity index (χ0) is 14.7. The maximum atomic E-state index is 11.9. The van der Waals surface area contributed by atoms with Crippen LogP contribution in [0.15, 0.2) is 0 Å². The maximum absolute atomic E-state index is 11.9. The Hall–Kier alpha value is -1.38. The minimum atomic E-state index is -1.12. The number of carbonyl (C=O) groups excluding carboxylic acids is 1. The van der Waals surface area contributed by atoms with E-state index in [1.54, 1.807) is 0 Å². The summed E-state index contributed by atoms with van der Waals surface area (Å²) in [5.41, 5.74) is 0. The van der Waals surface area contributed by atoms with Crippen molar-refractivity contribution < 1.29 is 29.3 Å². The van der Waals surface area contributed by atoms with Crippen molar-refractivity contribution in [3.8, 4) is 0 Å². The first-order valence-corrected chi connectivity index (χ1v) is 5.93. The Labute approximate surface area is 112 Å². The molecular formula is C11H22N2O6. The molecule has 1 atom stereocenters. The molecule has 0 bridgehead atoms. The number of nitrogens with one attached hydrogen (secondary N) is 1. The molecule has 0 aromatic rings. The summed E-state index contributed by atoms with van der Waals surface area (Å²) < 4.78 is 9.64. The fourth-order valence-corrected chi connectivity index (χ4v) is 1.37. The zero-order valence-electron chi connectivity index (χ0n) is 11.3. The van der Waals surface area contributed by atoms with E-state index in [2.05, 4.69) is 5.32 Å². The number of carbonyl (C=O) groups is 2. The lowest BCUT2D eigenvalue weighted by molar-refractivity contribution is -0.139. The van der Waals surface area contributed by atoms with Crippen LogP contribution in [0.25, 0.3) is 0 Å². The number of methoxy groups -OCH3 is 2. The molecule has 0 aromatic heterocycles. The summed E-state index contributed by atoms with van der Waals surface area (Å²) in [6.07, 6.45) is 0.175. The van der Waals surface area contributed by atoms with Crippen LogP contribution in [0.2, 0.25) is 0 Å². The van der Waals surface area contributed by atoms with Crippen LogP contribution in [0.4, 0.5) is 4.79 Å². The number of rotatable bonds is 10. The van der Waals surface area contributed by atoms with Crippen LogP contribution in [-0.2, 0) is 14.3 Å². The zero-order valence-corrected chi connectivity index (χ0v) is 11.3. The predicted molar refractivity (Wildman–Crippen MR) is 67.0 cm³/mol. The van der Waals surface area contributed by atoms with Crippen LogP contribution < -0.4 is 5.32 Å². The lowest BCUT2D eigenvalue weighted by Crippen LogP contribution is -2.49. The highest BCUT2D eigenvalue weighted by atomic mass is 16.5. The van der Waals surface area contributed by atoms with Gasteiger partial charge in [0.25, 0.3) is 0 Å². The Kier molecular flexibility index (Phi) is 9.77. The highest BCUT2D eigenvalue weighted by Crippen LogP contribution is 1.97. The number of hydrogen-bond donors (Lipinski definition) is 3. The summed E-state index contributed by atoms with van der Waals surface area (Å²) in [5.74, 6) is -1.12. The fraction of sp³-hybridized carbons (Fsp3) is 0.818. The van der Waals surface area contributed by atoms with Gasteiger partial charge >= 0.3 is 12.0 Å². The Morgan fingerprint density at radius 2 is 1.84 bits per heavy atom. The molecule has 0 heterocycles. The normalized spacial score (nSPS) is 11.9. The summed E-state index contributed by atoms with van der Waals surface area (Å²) in [4.78, 5) is 24.1. The second kappa shape index (κ2) is 10.5. The second-order valence-corrected chi connectivity index (χ2v) is 3.83. The molecule has 0 saturated heterocycles. The minimum absolute atomic E-state index is 0.117. The highest BCUT2D eigenvalue weighted by Gasteiger charge is 2.22. The topological polar surface area (TPSA) is 108 Å². The number of carboxylic acids is 1. The first-order chi connectivity index (χ1) is 9.06. The Bertz CT molecular complexity index is 274. The SMILES string of the molecule is COCCC(NC(=O)N(CCO)CCOC)C(=O)O. The van der Waals surface area contributed by atoms with Crippen LogP contribution in [0.5, 0.6) is 0 Å². The largest absolute Gasteiger partial charge is 0.480 e. The molecule has 0 saturated carbocycles. The molecule has 19 heavy (non-hydrogen) atoms. The Morgan fingerprint density at radius 1 is 1.21 bits per heavy atom. The molecule has 0 radical (unpaired) electrons. The van der Waals surface area contributed by atoms with Crippen LogP contribution in [0.3, 0.4) is 0 Å². The molecule has 8 nitrogen and oxygen atoms in total. The number of urea groups is 1. The van der Waals surface area contributed by atoms with Crippen molar-refractivity contribution in [3.05, 3.63) is 0 Å². The smallest absolute Gasteiger partial charge is 0.326 e. The molecule has 3 N–H and O–H groups in total. The lowest BCUT2D eigenvalue weighted by Gasteiger charge is -2.24. The van der Waals surface area contributed by atoms with Crippen LogP contribution >= 0.6 is 0 Å². The van der Waals surface area contributed by atoms with E-state index in [-0.39, 0.29) is 32.7 Å². The van der Waals surface area contributed by atoms with Crippen molar-refractivity contribution in [2.24, 2.45) is 0 Å². The van der Waals surface area contributed by atoms with E-state index in [4.69, 9.17) is 19.7 Å². The standard InChI is InChI=1S/C11H22N2O6/c1-18-7-3-9(10(15)16)12-11(17)13(4-6-14)5-8-19-2/h9,14H,3-8H2,1-2H3,(H,12,17)(H,15,16). The van der Waals surface area contributed by atoms with Gasteiger partial charge in [0.2, 0.25) is 0 Å². The van der Waals surface area contributed by atoms with Gasteiger partial charge in [0, 0.05) is 40.3 Å². The number of aliphatic hydroxyl groups excluding tert-OH is 1. The third kappa shape index (κ3) is 7.60. The first kappa shape index (κ1) is 17.6. The maximum Gasteiger partial charge on any atom is 0.326 e. The van der Waals surface area contributed by atoms with Gasteiger partial charge in [-0.15, -0.1) is 0 Å². The Morgan fingerprint density at radius 3 is 2.32 bits per heavy atom. The van der Waals surface area contributed by atoms with E-state index in [1.807, 2.05) is 0 Å². The molecule has 0 rings (SSSR count). The molecule has 1 unspecified atom stereocenters. The lowest BCUT2D eigenvalue weighted by atomic mass is 10.2. The Balaban J connectivity index is 4.42. The summed E-state index contributed by atoms with van der Waals surface area (Å²) in [6, 6.07) is -1.56. The molecular weight excluding hydrogens is 256 g/mol. The van der Waals surface area contributed by atoms with E-state index >= 15 is 0 Å². The van der Waals surface area contributed by atoms with Gasteiger partial charge < -0.3 is 29.9 Å². The van der Waals surface area contributed by atoms with Crippen molar-refractivity contribution in [2.45, 2.75) is 12.5 Å². The monoisotopic (exact) mass is 278 g/mol. The van der Waals surface area contributed by atoms with E-state index in [9.17, 15) is 9.59 Å². The fourth-order valence-electron chi connectivity index (χ4n) is 1.37. The van der Waals surface area contributed by atoms with Gasteiger partial charge in [-0.1, -0.05) is 0 Å². The van der Waals surface area contributed by atoms with Crippen molar-refractivity contribution >= 4 is 12.0 Å². The molecule has 8 heteroatoms. The van der Waals surface area contributed by atoms with E-state index in [1.165, 1.54) is 19.1 Å². The number of amides is 2. The average molecular weight is 278 g/mol. The van der Waals surface area contributed by atoms with Crippen molar-refractivity contribution in [1.29, 1.82) is 0 Å². The highest BCUT2D eigenvalue weighted by molar-refractivity contribution is 5.82. The van der Waals surface area contributed by atoms with Gasteiger partial charge in [-0.25, -0.2) is 9.59 Å². The molecule has 0 aromatic carbocycles. The minimum Gasteiger partial charge on any atom is -0.480 e. The van der Waals surface area contributed by atoms with Crippen molar-refractivity contribution in [3.63, 3.8) is 0 Å². The quantitative estimate of drug-likeness (QED) is 0.479. The van der Waals surface area contributed by atoms with Gasteiger partial charge in [-0.3, -0.25) is 0 Å². The van der Waals surface area contributed by atoms with Crippen LogP contribution in [0, 0.1) is 0 Å². The van der Waals surface area contributed by atoms with E-state index in [0.717, 1.165) is 0 Å². The van der Waals surface area contributed by atoms with Crippen LogP contribution in [0.1, 0.15) is 6.42 Å². The first-order valence-electron chi connectivity index (χ1n) is 5.93. The van der Waals surface area contributed by atoms with E-state index in [0.29, 0.717) is 6.61 Å². The second-order valence-electron chi connectivity index (χ2n) is 3.83. The molecule has 0 aliphatic rings. The molecule has 112 valence electrons. The number of aliphatic hydroxyl groups is 1. The summed E-state index contributed by atoms with van der Waals surface area (Å²) in [7, 11) is 2.95. The number of ether oxygens (including phenoxy) is 2. The number of nitrogens with zero attached hydrogens (tertiary/aromatic N) is 1. The predicted octanol–water partition coefficient (Wildman–Crippen LogP) is -0.874. The summed E-state index contributed by atoms with van der Waals surface area (Å²) in [5, 5.41) is 20.2. The van der Waals surface area contributed by atoms with Gasteiger partial charge in [0.05, 0.1) is 13.2 Å². The molecule has 0 fully saturated rings. The average Bonchev–Trinajstić information content (AvgIpc) is 2.38. The van der Waals surface area contributed by atoms with E-state index < -0.39 is 18.0 Å². The van der Waals surface area contributed by atoms with Crippen molar-refractivity contribution in [2.75, 3.05) is 47.1 Å². The molecule has 2 amide bonds. The third-order valence-corrected chi connectivity index (χ3v) is 2.43. The van der Waals surface area contributed by atoms with Gasteiger partial charge in [-0.05, 0) is 0 Å². The number of hydrogen-bond acceptors (Lipinski definition) is 5. The molecule has 0 aliphatic carbocycles. The summed E-state index contributed by atoms with van der Waals surface area (Å²) >= 11 is 0. The molecule has 0 spiro atoms. The van der Waals surface area contributed by atoms with Gasteiger partial charge in [-0.2, -0.15) is 0 Å².